The number of aryl methyl sites for hydroxylation is 2. The molecule has 3 aromatic rings. The van der Waals surface area contributed by atoms with Crippen LogP contribution in [0.3, 0.4) is 0 Å². The number of hydrogen-bond donors (Lipinski definition) is 0. The average molecular weight is 374 g/mol. The average Bonchev–Trinajstić information content (AvgIpc) is 3.20. The first-order chi connectivity index (χ1) is 13.8. The molecule has 1 aliphatic carbocycles. The summed E-state index contributed by atoms with van der Waals surface area (Å²) in [6.45, 7) is 0.0237. The number of hydrogen-bond acceptors (Lipinski definition) is 4. The van der Waals surface area contributed by atoms with Gasteiger partial charge in [-0.25, -0.2) is 4.79 Å². The van der Waals surface area contributed by atoms with Gasteiger partial charge in [-0.1, -0.05) is 42.5 Å². The van der Waals surface area contributed by atoms with Crippen molar-refractivity contribution in [3.8, 4) is 17.2 Å². The smallest absolute Gasteiger partial charge is 0.344 e. The Kier molecular flexibility index (Phi) is 5.57. The Morgan fingerprint density at radius 1 is 0.821 bits per heavy atom. The van der Waals surface area contributed by atoms with E-state index in [2.05, 4.69) is 6.07 Å². The van der Waals surface area contributed by atoms with Gasteiger partial charge in [0.05, 0.1) is 0 Å². The predicted molar refractivity (Wildman–Crippen MR) is 107 cm³/mol. The SMILES string of the molecule is O=C(COc1ccc2c(c1)CCC2)OCc1ccccc1Oc1ccccc1. The number of esters is 1. The number of para-hydroxylation sites is 2. The highest BCUT2D eigenvalue weighted by atomic mass is 16.6. The zero-order valence-corrected chi connectivity index (χ0v) is 15.6. The summed E-state index contributed by atoms with van der Waals surface area (Å²) in [4.78, 5) is 12.1. The van der Waals surface area contributed by atoms with Crippen LogP contribution in [-0.4, -0.2) is 12.6 Å². The van der Waals surface area contributed by atoms with Gasteiger partial charge in [0.15, 0.2) is 6.61 Å². The van der Waals surface area contributed by atoms with Gasteiger partial charge in [-0.15, -0.1) is 0 Å². The van der Waals surface area contributed by atoms with Crippen molar-refractivity contribution in [2.45, 2.75) is 25.9 Å². The molecule has 28 heavy (non-hydrogen) atoms. The summed E-state index contributed by atoms with van der Waals surface area (Å²) in [5, 5.41) is 0. The lowest BCUT2D eigenvalue weighted by molar-refractivity contribution is -0.147. The van der Waals surface area contributed by atoms with Crippen LogP contribution in [0.25, 0.3) is 0 Å². The van der Waals surface area contributed by atoms with E-state index in [1.54, 1.807) is 0 Å². The molecule has 0 saturated heterocycles. The molecule has 0 spiro atoms. The van der Waals surface area contributed by atoms with Crippen molar-refractivity contribution >= 4 is 5.97 Å². The van der Waals surface area contributed by atoms with Crippen LogP contribution in [0.1, 0.15) is 23.1 Å². The minimum absolute atomic E-state index is 0.111. The van der Waals surface area contributed by atoms with Gasteiger partial charge in [0.2, 0.25) is 0 Å². The van der Waals surface area contributed by atoms with E-state index in [9.17, 15) is 4.79 Å². The van der Waals surface area contributed by atoms with Crippen molar-refractivity contribution in [2.24, 2.45) is 0 Å². The monoisotopic (exact) mass is 374 g/mol. The molecule has 0 unspecified atom stereocenters. The van der Waals surface area contributed by atoms with Gasteiger partial charge in [0.1, 0.15) is 23.9 Å². The maximum Gasteiger partial charge on any atom is 0.344 e. The zero-order valence-electron chi connectivity index (χ0n) is 15.6. The third-order valence-electron chi connectivity index (χ3n) is 4.76. The van der Waals surface area contributed by atoms with Crippen LogP contribution in [0.15, 0.2) is 72.8 Å². The quantitative estimate of drug-likeness (QED) is 0.541. The van der Waals surface area contributed by atoms with Crippen molar-refractivity contribution in [3.63, 3.8) is 0 Å². The molecule has 0 fully saturated rings. The lowest BCUT2D eigenvalue weighted by Crippen LogP contribution is -2.15. The number of rotatable bonds is 7. The van der Waals surface area contributed by atoms with E-state index >= 15 is 0 Å². The second-order valence-electron chi connectivity index (χ2n) is 6.76. The molecule has 0 saturated carbocycles. The Hall–Kier alpha value is -3.27. The van der Waals surface area contributed by atoms with Gasteiger partial charge < -0.3 is 14.2 Å². The molecule has 0 atom stereocenters. The first-order valence-corrected chi connectivity index (χ1v) is 9.49. The first kappa shape index (κ1) is 18.1. The summed E-state index contributed by atoms with van der Waals surface area (Å²) in [5.41, 5.74) is 3.50. The molecule has 0 radical (unpaired) electrons. The van der Waals surface area contributed by atoms with E-state index in [4.69, 9.17) is 14.2 Å². The van der Waals surface area contributed by atoms with Crippen molar-refractivity contribution in [1.82, 2.24) is 0 Å². The molecule has 0 aliphatic heterocycles. The first-order valence-electron chi connectivity index (χ1n) is 9.49. The maximum absolute atomic E-state index is 12.1. The van der Waals surface area contributed by atoms with Crippen LogP contribution in [0.4, 0.5) is 0 Å². The molecule has 4 rings (SSSR count). The fourth-order valence-electron chi connectivity index (χ4n) is 3.32. The van der Waals surface area contributed by atoms with Gasteiger partial charge in [-0.2, -0.15) is 0 Å². The molecule has 0 amide bonds. The van der Waals surface area contributed by atoms with E-state index in [-0.39, 0.29) is 13.2 Å². The Labute approximate surface area is 164 Å². The standard InChI is InChI=1S/C24H22O4/c25-24(17-26-22-14-13-18-8-6-9-19(18)15-22)27-16-20-7-4-5-12-23(20)28-21-10-2-1-3-11-21/h1-5,7,10-15H,6,8-9,16-17H2. The fraction of sp³-hybridized carbons (Fsp3) is 0.208. The molecular weight excluding hydrogens is 352 g/mol. The minimum Gasteiger partial charge on any atom is -0.482 e. The van der Waals surface area contributed by atoms with E-state index in [1.807, 2.05) is 66.7 Å². The lowest BCUT2D eigenvalue weighted by Gasteiger charge is -2.12. The van der Waals surface area contributed by atoms with E-state index in [0.29, 0.717) is 11.5 Å². The molecule has 4 nitrogen and oxygen atoms in total. The molecule has 0 heterocycles. The maximum atomic E-state index is 12.1. The number of ether oxygens (including phenoxy) is 3. The molecular formula is C24H22O4. The Balaban J connectivity index is 1.31. The summed E-state index contributed by atoms with van der Waals surface area (Å²) < 4.78 is 16.9. The molecule has 0 aromatic heterocycles. The molecule has 4 heteroatoms. The second kappa shape index (κ2) is 8.61. The second-order valence-corrected chi connectivity index (χ2v) is 6.76. The highest BCUT2D eigenvalue weighted by Gasteiger charge is 2.13. The highest BCUT2D eigenvalue weighted by Crippen LogP contribution is 2.27. The molecule has 0 bridgehead atoms. The third kappa shape index (κ3) is 4.52. The van der Waals surface area contributed by atoms with Crippen LogP contribution in [-0.2, 0) is 29.0 Å². The fourth-order valence-corrected chi connectivity index (χ4v) is 3.32. The van der Waals surface area contributed by atoms with Gasteiger partial charge in [0, 0.05) is 5.56 Å². The van der Waals surface area contributed by atoms with Crippen molar-refractivity contribution in [2.75, 3.05) is 6.61 Å². The van der Waals surface area contributed by atoms with E-state index in [0.717, 1.165) is 24.2 Å². The summed E-state index contributed by atoms with van der Waals surface area (Å²) >= 11 is 0. The summed E-state index contributed by atoms with van der Waals surface area (Å²) in [6, 6.07) is 23.1. The number of fused-ring (bicyclic) bond motifs is 1. The summed E-state index contributed by atoms with van der Waals surface area (Å²) in [7, 11) is 0. The Morgan fingerprint density at radius 2 is 1.61 bits per heavy atom. The number of carbonyl (C=O) groups excluding carboxylic acids is 1. The minimum atomic E-state index is -0.407. The van der Waals surface area contributed by atoms with Crippen LogP contribution >= 0.6 is 0 Å². The number of benzene rings is 3. The summed E-state index contributed by atoms with van der Waals surface area (Å²) in [5.74, 6) is 1.71. The Bertz CT molecular complexity index is 950. The van der Waals surface area contributed by atoms with Crippen LogP contribution in [0.2, 0.25) is 0 Å². The summed E-state index contributed by atoms with van der Waals surface area (Å²) in [6.07, 6.45) is 3.39. The molecule has 0 N–H and O–H groups in total. The lowest BCUT2D eigenvalue weighted by atomic mass is 10.1. The number of carbonyl (C=O) groups is 1. The van der Waals surface area contributed by atoms with Crippen LogP contribution in [0, 0.1) is 0 Å². The van der Waals surface area contributed by atoms with Crippen molar-refractivity contribution in [1.29, 1.82) is 0 Å². The largest absolute Gasteiger partial charge is 0.482 e. The zero-order chi connectivity index (χ0) is 19.2. The van der Waals surface area contributed by atoms with Gasteiger partial charge in [0.25, 0.3) is 0 Å². The molecule has 142 valence electrons. The molecule has 1 aliphatic rings. The molecule has 3 aromatic carbocycles. The van der Waals surface area contributed by atoms with Crippen molar-refractivity contribution < 1.29 is 19.0 Å². The van der Waals surface area contributed by atoms with Gasteiger partial charge in [-0.05, 0) is 60.7 Å². The third-order valence-corrected chi connectivity index (χ3v) is 4.76. The van der Waals surface area contributed by atoms with Gasteiger partial charge >= 0.3 is 5.97 Å². The van der Waals surface area contributed by atoms with E-state index < -0.39 is 5.97 Å². The Morgan fingerprint density at radius 3 is 2.50 bits per heavy atom. The van der Waals surface area contributed by atoms with Crippen LogP contribution < -0.4 is 9.47 Å². The topological polar surface area (TPSA) is 44.8 Å². The normalized spacial score (nSPS) is 12.3. The van der Waals surface area contributed by atoms with E-state index in [1.165, 1.54) is 17.5 Å². The van der Waals surface area contributed by atoms with Gasteiger partial charge in [-0.3, -0.25) is 0 Å². The predicted octanol–water partition coefficient (Wildman–Crippen LogP) is 5.09. The van der Waals surface area contributed by atoms with Crippen LogP contribution in [0.5, 0.6) is 17.2 Å². The highest BCUT2D eigenvalue weighted by molar-refractivity contribution is 5.71. The van der Waals surface area contributed by atoms with Crippen molar-refractivity contribution in [3.05, 3.63) is 89.5 Å².